The molecule has 2 nitrogen and oxygen atoms in total. The molecule has 2 atom stereocenters. The minimum absolute atomic E-state index is 0.786. The van der Waals surface area contributed by atoms with Crippen molar-refractivity contribution in [3.8, 4) is 0 Å². The Labute approximate surface area is 61.7 Å². The van der Waals surface area contributed by atoms with E-state index in [0.717, 1.165) is 37.5 Å². The molecule has 1 aliphatic carbocycles. The molecule has 58 valence electrons. The summed E-state index contributed by atoms with van der Waals surface area (Å²) >= 11 is 0. The van der Waals surface area contributed by atoms with Gasteiger partial charge in [0.25, 0.3) is 0 Å². The summed E-state index contributed by atoms with van der Waals surface area (Å²) in [6.07, 6.45) is 2.71. The van der Waals surface area contributed by atoms with Crippen LogP contribution in [0.4, 0.5) is 0 Å². The molecule has 1 aliphatic heterocycles. The van der Waals surface area contributed by atoms with Crippen molar-refractivity contribution < 1.29 is 4.74 Å². The molecule has 2 rings (SSSR count). The van der Waals surface area contributed by atoms with Crippen molar-refractivity contribution in [3.05, 3.63) is 0 Å². The molecule has 0 aromatic carbocycles. The molecule has 2 unspecified atom stereocenters. The van der Waals surface area contributed by atoms with E-state index in [1.807, 2.05) is 0 Å². The third kappa shape index (κ3) is 0.867. The summed E-state index contributed by atoms with van der Waals surface area (Å²) in [5, 5.41) is 0. The van der Waals surface area contributed by atoms with E-state index in [2.05, 4.69) is 0 Å². The molecular formula is C8H15NO. The van der Waals surface area contributed by atoms with Gasteiger partial charge < -0.3 is 10.5 Å². The number of rotatable bonds is 1. The average Bonchev–Trinajstić information content (AvgIpc) is 2.19. The van der Waals surface area contributed by atoms with Crippen molar-refractivity contribution in [3.63, 3.8) is 0 Å². The van der Waals surface area contributed by atoms with Crippen LogP contribution in [-0.2, 0) is 4.74 Å². The van der Waals surface area contributed by atoms with Crippen molar-refractivity contribution in [1.29, 1.82) is 0 Å². The summed E-state index contributed by atoms with van der Waals surface area (Å²) in [6.45, 7) is 2.81. The van der Waals surface area contributed by atoms with Gasteiger partial charge in [0, 0.05) is 13.2 Å². The largest absolute Gasteiger partial charge is 0.381 e. The van der Waals surface area contributed by atoms with Crippen molar-refractivity contribution in [2.24, 2.45) is 23.5 Å². The zero-order valence-corrected chi connectivity index (χ0v) is 6.25. The van der Waals surface area contributed by atoms with E-state index >= 15 is 0 Å². The van der Waals surface area contributed by atoms with Crippen LogP contribution in [-0.4, -0.2) is 19.8 Å². The highest BCUT2D eigenvalue weighted by Gasteiger charge is 2.38. The van der Waals surface area contributed by atoms with Gasteiger partial charge in [-0.1, -0.05) is 0 Å². The maximum Gasteiger partial charge on any atom is 0.0497 e. The predicted molar refractivity (Wildman–Crippen MR) is 39.6 cm³/mol. The molecule has 0 aromatic rings. The van der Waals surface area contributed by atoms with Crippen LogP contribution >= 0.6 is 0 Å². The summed E-state index contributed by atoms with van der Waals surface area (Å²) in [7, 11) is 0. The molecule has 0 spiro atoms. The summed E-state index contributed by atoms with van der Waals surface area (Å²) in [6, 6.07) is 0. The van der Waals surface area contributed by atoms with Crippen molar-refractivity contribution in [1.82, 2.24) is 0 Å². The second-order valence-corrected chi connectivity index (χ2v) is 3.53. The van der Waals surface area contributed by atoms with E-state index in [-0.39, 0.29) is 0 Å². The van der Waals surface area contributed by atoms with E-state index in [4.69, 9.17) is 10.5 Å². The van der Waals surface area contributed by atoms with Crippen LogP contribution in [0.1, 0.15) is 12.8 Å². The highest BCUT2D eigenvalue weighted by Crippen LogP contribution is 2.39. The SMILES string of the molecule is NCC1C2CCC1COC2. The second-order valence-electron chi connectivity index (χ2n) is 3.53. The van der Waals surface area contributed by atoms with E-state index < -0.39 is 0 Å². The van der Waals surface area contributed by atoms with Crippen LogP contribution < -0.4 is 5.73 Å². The van der Waals surface area contributed by atoms with Crippen LogP contribution in [0.5, 0.6) is 0 Å². The summed E-state index contributed by atoms with van der Waals surface area (Å²) in [5.41, 5.74) is 5.67. The molecule has 2 bridgehead atoms. The lowest BCUT2D eigenvalue weighted by molar-refractivity contribution is 0.0105. The Hall–Kier alpha value is -0.0800. The third-order valence-electron chi connectivity index (χ3n) is 3.06. The molecule has 0 amide bonds. The quantitative estimate of drug-likeness (QED) is 0.581. The van der Waals surface area contributed by atoms with Gasteiger partial charge in [0.1, 0.15) is 0 Å². The number of ether oxygens (including phenoxy) is 1. The molecule has 1 saturated carbocycles. The molecule has 2 fully saturated rings. The topological polar surface area (TPSA) is 35.2 Å². The first-order chi connectivity index (χ1) is 4.92. The Kier molecular flexibility index (Phi) is 1.66. The second kappa shape index (κ2) is 2.51. The lowest BCUT2D eigenvalue weighted by atomic mass is 9.88. The Morgan fingerprint density at radius 3 is 2.20 bits per heavy atom. The Balaban J connectivity index is 2.06. The molecule has 10 heavy (non-hydrogen) atoms. The Morgan fingerprint density at radius 1 is 1.20 bits per heavy atom. The van der Waals surface area contributed by atoms with Crippen LogP contribution in [0.3, 0.4) is 0 Å². The molecule has 2 heteroatoms. The van der Waals surface area contributed by atoms with Crippen LogP contribution in [0.2, 0.25) is 0 Å². The lowest BCUT2D eigenvalue weighted by Crippen LogP contribution is -2.33. The van der Waals surface area contributed by atoms with Crippen LogP contribution in [0.15, 0.2) is 0 Å². The maximum atomic E-state index is 5.67. The maximum absolute atomic E-state index is 5.67. The monoisotopic (exact) mass is 141 g/mol. The van der Waals surface area contributed by atoms with Gasteiger partial charge in [-0.25, -0.2) is 0 Å². The van der Waals surface area contributed by atoms with Gasteiger partial charge in [-0.3, -0.25) is 0 Å². The fourth-order valence-electron chi connectivity index (χ4n) is 2.41. The van der Waals surface area contributed by atoms with Gasteiger partial charge >= 0.3 is 0 Å². The summed E-state index contributed by atoms with van der Waals surface area (Å²) < 4.78 is 5.43. The zero-order chi connectivity index (χ0) is 6.97. The number of hydrogen-bond acceptors (Lipinski definition) is 2. The van der Waals surface area contributed by atoms with Gasteiger partial charge in [-0.05, 0) is 37.1 Å². The highest BCUT2D eigenvalue weighted by molar-refractivity contribution is 4.88. The van der Waals surface area contributed by atoms with Crippen LogP contribution in [0, 0.1) is 17.8 Å². The molecule has 2 aliphatic rings. The Bertz CT molecular complexity index is 110. The van der Waals surface area contributed by atoms with E-state index in [9.17, 15) is 0 Å². The van der Waals surface area contributed by atoms with Gasteiger partial charge in [0.2, 0.25) is 0 Å². The highest BCUT2D eigenvalue weighted by atomic mass is 16.5. The minimum atomic E-state index is 0.786. The fraction of sp³-hybridized carbons (Fsp3) is 1.00. The lowest BCUT2D eigenvalue weighted by Gasteiger charge is -2.28. The van der Waals surface area contributed by atoms with Crippen LogP contribution in [0.25, 0.3) is 0 Å². The molecule has 1 heterocycles. The fourth-order valence-corrected chi connectivity index (χ4v) is 2.41. The van der Waals surface area contributed by atoms with E-state index in [1.54, 1.807) is 0 Å². The first-order valence-corrected chi connectivity index (χ1v) is 4.19. The normalized spacial score (nSPS) is 45.9. The molecular weight excluding hydrogens is 126 g/mol. The molecule has 0 aromatic heterocycles. The molecule has 0 radical (unpaired) electrons. The first kappa shape index (κ1) is 6.62. The number of nitrogens with two attached hydrogens (primary N) is 1. The van der Waals surface area contributed by atoms with Crippen molar-refractivity contribution in [2.45, 2.75) is 12.8 Å². The van der Waals surface area contributed by atoms with Gasteiger partial charge in [-0.15, -0.1) is 0 Å². The van der Waals surface area contributed by atoms with Gasteiger partial charge in [0.05, 0.1) is 0 Å². The van der Waals surface area contributed by atoms with Gasteiger partial charge in [-0.2, -0.15) is 0 Å². The molecule has 2 N–H and O–H groups in total. The van der Waals surface area contributed by atoms with E-state index in [1.165, 1.54) is 12.8 Å². The Morgan fingerprint density at radius 2 is 1.80 bits per heavy atom. The smallest absolute Gasteiger partial charge is 0.0497 e. The predicted octanol–water partition coefficient (Wildman–Crippen LogP) is 0.618. The first-order valence-electron chi connectivity index (χ1n) is 4.19. The average molecular weight is 141 g/mol. The number of fused-ring (bicyclic) bond motifs is 2. The molecule has 1 saturated heterocycles. The summed E-state index contributed by atoms with van der Waals surface area (Å²) in [4.78, 5) is 0. The van der Waals surface area contributed by atoms with Crippen molar-refractivity contribution >= 4 is 0 Å². The van der Waals surface area contributed by atoms with E-state index in [0.29, 0.717) is 0 Å². The number of hydrogen-bond donors (Lipinski definition) is 1. The summed E-state index contributed by atoms with van der Waals surface area (Å²) in [5.74, 6) is 2.38. The van der Waals surface area contributed by atoms with Gasteiger partial charge in [0.15, 0.2) is 0 Å². The third-order valence-corrected chi connectivity index (χ3v) is 3.06. The zero-order valence-electron chi connectivity index (χ0n) is 6.25. The van der Waals surface area contributed by atoms with Crippen molar-refractivity contribution in [2.75, 3.05) is 19.8 Å². The standard InChI is InChI=1S/C8H15NO/c9-3-8-6-1-2-7(8)5-10-4-6/h6-8H,1-5,9H2. The minimum Gasteiger partial charge on any atom is -0.381 e.